The van der Waals surface area contributed by atoms with Gasteiger partial charge in [-0.1, -0.05) is 83.9 Å². The second-order valence-corrected chi connectivity index (χ2v) is 25.9. The first kappa shape index (κ1) is 45.7. The Morgan fingerprint density at radius 3 is 2.25 bits per heavy atom. The first-order valence-corrected chi connectivity index (χ1v) is 24.9. The zero-order valence-electron chi connectivity index (χ0n) is 38.8. The minimum Gasteiger partial charge on any atom is -0.493 e. The maximum absolute atomic E-state index is 17.9. The Hall–Kier alpha value is -4.87. The van der Waals surface area contributed by atoms with Crippen LogP contribution in [0.2, 0.25) is 16.6 Å². The number of piperazine rings is 1. The number of carbonyl (C=O) groups excluding carboxylic acids is 1. The van der Waals surface area contributed by atoms with Crippen molar-refractivity contribution in [3.63, 3.8) is 0 Å². The normalized spacial score (nSPS) is 22.6. The van der Waals surface area contributed by atoms with Gasteiger partial charge in [-0.15, -0.1) is 5.54 Å². The zero-order chi connectivity index (χ0) is 46.2. The first-order chi connectivity index (χ1) is 30.2. The fourth-order valence-electron chi connectivity index (χ4n) is 11.6. The van der Waals surface area contributed by atoms with E-state index in [4.69, 9.17) is 19.2 Å². The van der Waals surface area contributed by atoms with Gasteiger partial charge in [-0.2, -0.15) is 9.97 Å². The molecule has 0 saturated carbocycles. The molecule has 0 radical (unpaired) electrons. The molecule has 1 aromatic heterocycles. The van der Waals surface area contributed by atoms with Gasteiger partial charge in [0.25, 0.3) is 0 Å². The highest BCUT2D eigenvalue weighted by molar-refractivity contribution is 6.90. The molecule has 5 heterocycles. The van der Waals surface area contributed by atoms with Crippen LogP contribution in [-0.2, 0) is 4.74 Å². The van der Waals surface area contributed by atoms with Crippen molar-refractivity contribution in [2.45, 2.75) is 134 Å². The number of alkyl halides is 1. The molecule has 0 aliphatic carbocycles. The fourth-order valence-corrected chi connectivity index (χ4v) is 16.8. The molecule has 1 amide bonds. The van der Waals surface area contributed by atoms with Crippen LogP contribution >= 0.6 is 0 Å². The molecule has 2 unspecified atom stereocenters. The summed E-state index contributed by atoms with van der Waals surface area (Å²) in [7, 11) is -1.06. The summed E-state index contributed by atoms with van der Waals surface area (Å²) < 4.78 is 84.8. The highest BCUT2D eigenvalue weighted by Gasteiger charge is 2.51. The molecule has 4 fully saturated rings. The number of nitrogens with zero attached hydrogens (tertiary/aromatic N) is 5. The van der Waals surface area contributed by atoms with Gasteiger partial charge in [-0.05, 0) is 73.7 Å². The number of fused-ring (bicyclic) bond motifs is 5. The van der Waals surface area contributed by atoms with E-state index >= 15 is 13.2 Å². The molecule has 0 spiro atoms. The summed E-state index contributed by atoms with van der Waals surface area (Å²) in [6, 6.07) is 7.25. The van der Waals surface area contributed by atoms with E-state index in [0.717, 1.165) is 5.57 Å². The standard InChI is InChI=1S/C50H61F4N5O4Si/c1-28(2)64(29(3)4,30(5)6)20-19-36-38(52)18-15-32-13-12-14-37(39(32)36)40-42(53)44-41(45(61-11)43(40)54)46(57-25-34-16-17-35(26-57)59(34)48(60)63-49(8,9)10)56-47(55-44)62-27-50-21-31(7)23-58(50)24-33(51)22-50/h12-15,18,28-30,33-35H,7,16-17,21-27H2,1-6,8-11H3/t33-,34?,35?,50+/m0/s1. The van der Waals surface area contributed by atoms with E-state index in [-0.39, 0.29) is 106 Å². The molecule has 14 heteroatoms. The van der Waals surface area contributed by atoms with E-state index in [1.54, 1.807) is 29.2 Å². The Kier molecular flexibility index (Phi) is 12.0. The topological polar surface area (TPSA) is 80.3 Å². The van der Waals surface area contributed by atoms with Gasteiger partial charge in [0.15, 0.2) is 17.4 Å². The summed E-state index contributed by atoms with van der Waals surface area (Å²) in [6.45, 7) is 24.0. The third-order valence-electron chi connectivity index (χ3n) is 14.2. The second kappa shape index (κ2) is 16.8. The molecular weight excluding hydrogens is 839 g/mol. The lowest BCUT2D eigenvalue weighted by Crippen LogP contribution is -2.57. The number of halogens is 4. The third kappa shape index (κ3) is 7.78. The van der Waals surface area contributed by atoms with Crippen LogP contribution in [0.25, 0.3) is 32.8 Å². The van der Waals surface area contributed by atoms with Gasteiger partial charge in [0.2, 0.25) is 0 Å². The molecular formula is C50H61F4N5O4Si. The number of aromatic nitrogens is 2. The van der Waals surface area contributed by atoms with Crippen molar-refractivity contribution in [1.29, 1.82) is 0 Å². The summed E-state index contributed by atoms with van der Waals surface area (Å²) in [5, 5.41) is 0.824. The molecule has 342 valence electrons. The number of ether oxygens (including phenoxy) is 3. The zero-order valence-corrected chi connectivity index (χ0v) is 39.8. The highest BCUT2D eigenvalue weighted by Crippen LogP contribution is 2.48. The number of hydrogen-bond acceptors (Lipinski definition) is 8. The van der Waals surface area contributed by atoms with Crippen molar-refractivity contribution >= 4 is 41.7 Å². The maximum Gasteiger partial charge on any atom is 0.410 e. The SMILES string of the molecule is C=C1CN2C[C@@H](F)C[C@@]2(COc2nc(N3CC4CCC(C3)N4C(=O)OC(C)(C)C)c3c(OC)c(F)c(-c4cccc5ccc(F)c(C#C[Si](C(C)C)(C(C)C)C(C)C)c45)c(F)c3n2)C1. The van der Waals surface area contributed by atoms with Crippen LogP contribution in [0, 0.1) is 28.9 Å². The first-order valence-electron chi connectivity index (χ1n) is 22.7. The predicted octanol–water partition coefficient (Wildman–Crippen LogP) is 11.2. The Morgan fingerprint density at radius 2 is 1.62 bits per heavy atom. The van der Waals surface area contributed by atoms with Crippen LogP contribution < -0.4 is 14.4 Å². The Labute approximate surface area is 375 Å². The highest BCUT2D eigenvalue weighted by atomic mass is 28.3. The van der Waals surface area contributed by atoms with Crippen LogP contribution in [0.15, 0.2) is 42.5 Å². The minimum absolute atomic E-state index is 0.00884. The second-order valence-electron chi connectivity index (χ2n) is 20.4. The monoisotopic (exact) mass is 899 g/mol. The van der Waals surface area contributed by atoms with Crippen molar-refractivity contribution in [2.75, 3.05) is 44.8 Å². The molecule has 0 N–H and O–H groups in total. The van der Waals surface area contributed by atoms with Gasteiger partial charge < -0.3 is 19.1 Å². The van der Waals surface area contributed by atoms with E-state index in [1.807, 2.05) is 30.6 Å². The molecule has 4 aliphatic heterocycles. The summed E-state index contributed by atoms with van der Waals surface area (Å²) in [5.74, 6) is 0.524. The number of benzene rings is 3. The van der Waals surface area contributed by atoms with Crippen LogP contribution in [-0.4, -0.2) is 103 Å². The molecule has 4 atom stereocenters. The molecule has 64 heavy (non-hydrogen) atoms. The lowest BCUT2D eigenvalue weighted by Gasteiger charge is -2.42. The number of amides is 1. The Morgan fingerprint density at radius 1 is 0.953 bits per heavy atom. The molecule has 8 rings (SSSR count). The Bertz CT molecular complexity index is 2550. The summed E-state index contributed by atoms with van der Waals surface area (Å²) in [6.07, 6.45) is 0.690. The summed E-state index contributed by atoms with van der Waals surface area (Å²) in [5.41, 5.74) is 3.44. The van der Waals surface area contributed by atoms with Crippen molar-refractivity contribution in [2.24, 2.45) is 0 Å². The van der Waals surface area contributed by atoms with E-state index < -0.39 is 54.5 Å². The quantitative estimate of drug-likeness (QED) is 0.0711. The van der Waals surface area contributed by atoms with Gasteiger partial charge in [-0.25, -0.2) is 22.4 Å². The van der Waals surface area contributed by atoms with E-state index in [1.165, 1.54) is 13.2 Å². The van der Waals surface area contributed by atoms with Gasteiger partial charge in [0.1, 0.15) is 43.6 Å². The van der Waals surface area contributed by atoms with Crippen LogP contribution in [0.3, 0.4) is 0 Å². The van der Waals surface area contributed by atoms with Crippen molar-refractivity contribution in [1.82, 2.24) is 19.8 Å². The molecule has 3 aromatic carbocycles. The van der Waals surface area contributed by atoms with Crippen LogP contribution in [0.4, 0.5) is 28.2 Å². The number of methoxy groups -OCH3 is 1. The molecule has 4 aliphatic rings. The van der Waals surface area contributed by atoms with Crippen LogP contribution in [0.5, 0.6) is 11.8 Å². The van der Waals surface area contributed by atoms with Crippen molar-refractivity contribution in [3.8, 4) is 34.4 Å². The third-order valence-corrected chi connectivity index (χ3v) is 20.5. The number of anilines is 1. The average Bonchev–Trinajstić information content (AvgIpc) is 3.79. The number of carbonyl (C=O) groups is 1. The fraction of sp³-hybridized carbons (Fsp3) is 0.540. The van der Waals surface area contributed by atoms with Gasteiger partial charge >= 0.3 is 12.1 Å². The largest absolute Gasteiger partial charge is 0.493 e. The van der Waals surface area contributed by atoms with Crippen molar-refractivity contribution in [3.05, 3.63) is 65.5 Å². The van der Waals surface area contributed by atoms with E-state index in [2.05, 4.69) is 64.6 Å². The smallest absolute Gasteiger partial charge is 0.410 e. The number of rotatable bonds is 9. The van der Waals surface area contributed by atoms with Crippen LogP contribution in [0.1, 0.15) is 93.6 Å². The number of hydrogen-bond donors (Lipinski definition) is 0. The van der Waals surface area contributed by atoms with Gasteiger partial charge in [0, 0.05) is 38.0 Å². The van der Waals surface area contributed by atoms with Crippen molar-refractivity contribution < 1.29 is 36.6 Å². The summed E-state index contributed by atoms with van der Waals surface area (Å²) in [4.78, 5) is 28.7. The van der Waals surface area contributed by atoms with E-state index in [0.29, 0.717) is 31.2 Å². The molecule has 4 saturated heterocycles. The van der Waals surface area contributed by atoms with Gasteiger partial charge in [-0.3, -0.25) is 9.80 Å². The lowest BCUT2D eigenvalue weighted by atomic mass is 9.92. The lowest BCUT2D eigenvalue weighted by molar-refractivity contribution is 0.0122. The average molecular weight is 900 g/mol. The summed E-state index contributed by atoms with van der Waals surface area (Å²) >= 11 is 0. The minimum atomic E-state index is -2.37. The van der Waals surface area contributed by atoms with Gasteiger partial charge in [0.05, 0.1) is 41.2 Å². The molecule has 9 nitrogen and oxygen atoms in total. The molecule has 2 bridgehead atoms. The Balaban J connectivity index is 1.32. The maximum atomic E-state index is 17.9. The van der Waals surface area contributed by atoms with E-state index in [9.17, 15) is 9.18 Å². The molecule has 4 aromatic rings. The predicted molar refractivity (Wildman–Crippen MR) is 247 cm³/mol.